The zero-order chi connectivity index (χ0) is 13.8. The van der Waals surface area contributed by atoms with Gasteiger partial charge in [-0.25, -0.2) is 0 Å². The van der Waals surface area contributed by atoms with Gasteiger partial charge in [0.2, 0.25) is 0 Å². The van der Waals surface area contributed by atoms with Crippen LogP contribution < -0.4 is 4.90 Å². The summed E-state index contributed by atoms with van der Waals surface area (Å²) in [5.41, 5.74) is 3.24. The number of nitrogens with zero attached hydrogens (tertiary/aromatic N) is 2. The molecule has 0 aliphatic heterocycles. The third-order valence-corrected chi connectivity index (χ3v) is 4.65. The molecule has 0 saturated heterocycles. The molecular weight excluding hydrogens is 232 g/mol. The van der Waals surface area contributed by atoms with Crippen molar-refractivity contribution in [1.29, 1.82) is 5.26 Å². The lowest BCUT2D eigenvalue weighted by Gasteiger charge is -2.36. The molecule has 0 N–H and O–H groups in total. The van der Waals surface area contributed by atoms with Gasteiger partial charge in [-0.2, -0.15) is 5.26 Å². The number of hydrogen-bond acceptors (Lipinski definition) is 2. The SMILES string of the molecule is CCC1CCC(N(C)c2ccc(C#N)cc2C)CC1. The Kier molecular flexibility index (Phi) is 4.47. The summed E-state index contributed by atoms with van der Waals surface area (Å²) in [5.74, 6) is 0.937. The minimum atomic E-state index is 0.662. The van der Waals surface area contributed by atoms with Crippen molar-refractivity contribution in [1.82, 2.24) is 0 Å². The Labute approximate surface area is 117 Å². The third-order valence-electron chi connectivity index (χ3n) is 4.65. The first-order valence-electron chi connectivity index (χ1n) is 7.39. The average Bonchev–Trinajstić information content (AvgIpc) is 2.46. The van der Waals surface area contributed by atoms with Gasteiger partial charge in [0.05, 0.1) is 11.6 Å². The third kappa shape index (κ3) is 3.10. The van der Waals surface area contributed by atoms with Crippen LogP contribution in [0, 0.1) is 24.2 Å². The molecule has 1 aromatic rings. The summed E-state index contributed by atoms with van der Waals surface area (Å²) in [6, 6.07) is 8.88. The fourth-order valence-electron chi connectivity index (χ4n) is 3.26. The van der Waals surface area contributed by atoms with Crippen LogP contribution >= 0.6 is 0 Å². The molecule has 2 heteroatoms. The van der Waals surface area contributed by atoms with E-state index in [9.17, 15) is 0 Å². The van der Waals surface area contributed by atoms with Crippen molar-refractivity contribution in [2.24, 2.45) is 5.92 Å². The lowest BCUT2D eigenvalue weighted by molar-refractivity contribution is 0.313. The van der Waals surface area contributed by atoms with Crippen molar-refractivity contribution in [2.45, 2.75) is 52.0 Å². The molecule has 1 aliphatic carbocycles. The van der Waals surface area contributed by atoms with E-state index in [-0.39, 0.29) is 0 Å². The molecule has 0 atom stereocenters. The predicted molar refractivity (Wildman–Crippen MR) is 80.3 cm³/mol. The highest BCUT2D eigenvalue weighted by atomic mass is 15.1. The van der Waals surface area contributed by atoms with Crippen LogP contribution in [-0.2, 0) is 0 Å². The number of anilines is 1. The van der Waals surface area contributed by atoms with E-state index in [4.69, 9.17) is 5.26 Å². The number of benzene rings is 1. The Morgan fingerprint density at radius 3 is 2.47 bits per heavy atom. The van der Waals surface area contributed by atoms with Gasteiger partial charge in [0.1, 0.15) is 0 Å². The largest absolute Gasteiger partial charge is 0.371 e. The summed E-state index contributed by atoms with van der Waals surface area (Å²) in [6.07, 6.45) is 6.65. The Balaban J connectivity index is 2.08. The molecule has 19 heavy (non-hydrogen) atoms. The number of rotatable bonds is 3. The van der Waals surface area contributed by atoms with Gasteiger partial charge in [-0.15, -0.1) is 0 Å². The van der Waals surface area contributed by atoms with Crippen LogP contribution in [0.15, 0.2) is 18.2 Å². The summed E-state index contributed by atoms with van der Waals surface area (Å²) in [5, 5.41) is 8.93. The zero-order valence-corrected chi connectivity index (χ0v) is 12.3. The van der Waals surface area contributed by atoms with Crippen LogP contribution in [0.1, 0.15) is 50.2 Å². The molecule has 0 bridgehead atoms. The first-order chi connectivity index (χ1) is 9.15. The van der Waals surface area contributed by atoms with Gasteiger partial charge in [-0.3, -0.25) is 0 Å². The van der Waals surface area contributed by atoms with Crippen LogP contribution in [0.25, 0.3) is 0 Å². The van der Waals surface area contributed by atoms with E-state index in [1.807, 2.05) is 12.1 Å². The Bertz CT molecular complexity index is 465. The maximum atomic E-state index is 8.93. The van der Waals surface area contributed by atoms with E-state index in [0.717, 1.165) is 11.5 Å². The van der Waals surface area contributed by atoms with Crippen LogP contribution in [0.5, 0.6) is 0 Å². The van der Waals surface area contributed by atoms with Gasteiger partial charge in [0, 0.05) is 18.8 Å². The number of hydrogen-bond donors (Lipinski definition) is 0. The van der Waals surface area contributed by atoms with Gasteiger partial charge >= 0.3 is 0 Å². The van der Waals surface area contributed by atoms with E-state index in [1.165, 1.54) is 43.4 Å². The monoisotopic (exact) mass is 256 g/mol. The lowest BCUT2D eigenvalue weighted by atomic mass is 9.84. The van der Waals surface area contributed by atoms with Crippen LogP contribution in [0.4, 0.5) is 5.69 Å². The van der Waals surface area contributed by atoms with Crippen molar-refractivity contribution < 1.29 is 0 Å². The minimum absolute atomic E-state index is 0.662. The Hall–Kier alpha value is -1.49. The molecule has 102 valence electrons. The molecule has 0 spiro atoms. The van der Waals surface area contributed by atoms with Gasteiger partial charge < -0.3 is 4.90 Å². The molecule has 0 radical (unpaired) electrons. The summed E-state index contributed by atoms with van der Waals surface area (Å²) in [7, 11) is 2.20. The Morgan fingerprint density at radius 2 is 1.95 bits per heavy atom. The Morgan fingerprint density at radius 1 is 1.26 bits per heavy atom. The van der Waals surface area contributed by atoms with Crippen LogP contribution in [-0.4, -0.2) is 13.1 Å². The normalized spacial score (nSPS) is 22.8. The molecule has 1 fully saturated rings. The quantitative estimate of drug-likeness (QED) is 0.807. The molecule has 0 unspecified atom stereocenters. The van der Waals surface area contributed by atoms with Crippen molar-refractivity contribution >= 4 is 5.69 Å². The van der Waals surface area contributed by atoms with Gasteiger partial charge in [-0.1, -0.05) is 13.3 Å². The standard InChI is InChI=1S/C17H24N2/c1-4-14-5-8-16(9-6-14)19(3)17-10-7-15(12-18)11-13(17)2/h7,10-11,14,16H,4-6,8-9H2,1-3H3. The minimum Gasteiger partial charge on any atom is -0.371 e. The van der Waals surface area contributed by atoms with Crippen molar-refractivity contribution in [3.63, 3.8) is 0 Å². The molecule has 1 saturated carbocycles. The molecule has 0 amide bonds. The highest BCUT2D eigenvalue weighted by molar-refractivity contribution is 5.56. The molecular formula is C17H24N2. The topological polar surface area (TPSA) is 27.0 Å². The summed E-state index contributed by atoms with van der Waals surface area (Å²) < 4.78 is 0. The highest BCUT2D eigenvalue weighted by Crippen LogP contribution is 2.32. The average molecular weight is 256 g/mol. The molecule has 2 nitrogen and oxygen atoms in total. The van der Waals surface area contributed by atoms with E-state index in [1.54, 1.807) is 0 Å². The fraction of sp³-hybridized carbons (Fsp3) is 0.588. The molecule has 0 aromatic heterocycles. The lowest BCUT2D eigenvalue weighted by Crippen LogP contribution is -2.35. The van der Waals surface area contributed by atoms with E-state index < -0.39 is 0 Å². The zero-order valence-electron chi connectivity index (χ0n) is 12.3. The fourth-order valence-corrected chi connectivity index (χ4v) is 3.26. The van der Waals surface area contributed by atoms with Crippen LogP contribution in [0.3, 0.4) is 0 Å². The highest BCUT2D eigenvalue weighted by Gasteiger charge is 2.23. The second kappa shape index (κ2) is 6.10. The van der Waals surface area contributed by atoms with Crippen LogP contribution in [0.2, 0.25) is 0 Å². The van der Waals surface area contributed by atoms with Gasteiger partial charge in [-0.05, 0) is 62.3 Å². The molecule has 1 aromatic carbocycles. The summed E-state index contributed by atoms with van der Waals surface area (Å²) >= 11 is 0. The first kappa shape index (κ1) is 13.9. The smallest absolute Gasteiger partial charge is 0.0991 e. The summed E-state index contributed by atoms with van der Waals surface area (Å²) in [4.78, 5) is 2.42. The predicted octanol–water partition coefficient (Wildman–Crippen LogP) is 4.27. The molecule has 1 aliphatic rings. The van der Waals surface area contributed by atoms with Crippen molar-refractivity contribution in [2.75, 3.05) is 11.9 Å². The first-order valence-corrected chi connectivity index (χ1v) is 7.39. The summed E-state index contributed by atoms with van der Waals surface area (Å²) in [6.45, 7) is 4.41. The van der Waals surface area contributed by atoms with Gasteiger partial charge in [0.25, 0.3) is 0 Å². The number of nitriles is 1. The van der Waals surface area contributed by atoms with Crippen molar-refractivity contribution in [3.05, 3.63) is 29.3 Å². The number of aryl methyl sites for hydroxylation is 1. The maximum Gasteiger partial charge on any atom is 0.0991 e. The molecule has 2 rings (SSSR count). The van der Waals surface area contributed by atoms with E-state index in [2.05, 4.69) is 37.9 Å². The van der Waals surface area contributed by atoms with E-state index >= 15 is 0 Å². The van der Waals surface area contributed by atoms with E-state index in [0.29, 0.717) is 6.04 Å². The molecule has 0 heterocycles. The maximum absolute atomic E-state index is 8.93. The van der Waals surface area contributed by atoms with Crippen molar-refractivity contribution in [3.8, 4) is 6.07 Å². The second-order valence-electron chi connectivity index (χ2n) is 5.81. The second-order valence-corrected chi connectivity index (χ2v) is 5.81. The van der Waals surface area contributed by atoms with Gasteiger partial charge in [0.15, 0.2) is 0 Å².